The highest BCUT2D eigenvalue weighted by Gasteiger charge is 2.62. The fraction of sp³-hybridized carbons (Fsp3) is 0.600. The normalized spacial score (nSPS) is 31.5. The number of rotatable bonds is 7. The quantitative estimate of drug-likeness (QED) is 0.343. The Kier molecular flexibility index (Phi) is 11.0. The van der Waals surface area contributed by atoms with Gasteiger partial charge in [-0.15, -0.1) is 6.58 Å². The number of nitrogens with one attached hydrogen (secondary N) is 3. The lowest BCUT2D eigenvalue weighted by Crippen LogP contribution is -2.59. The van der Waals surface area contributed by atoms with Gasteiger partial charge in [-0.2, -0.15) is 4.98 Å². The monoisotopic (exact) mass is 868 g/mol. The lowest BCUT2D eigenvalue weighted by molar-refractivity contribution is -0.142. The van der Waals surface area contributed by atoms with Gasteiger partial charge in [0, 0.05) is 23.4 Å². The number of amides is 4. The number of aromatic nitrogens is 2. The summed E-state index contributed by atoms with van der Waals surface area (Å²) in [5.41, 5.74) is -1.49. The predicted octanol–water partition coefficient (Wildman–Crippen LogP) is 3.98. The van der Waals surface area contributed by atoms with Crippen LogP contribution in [0.15, 0.2) is 52.3 Å². The van der Waals surface area contributed by atoms with E-state index < -0.39 is 68.7 Å². The molecular formula is C40H49BrN6O9S. The summed E-state index contributed by atoms with van der Waals surface area (Å²) in [4.78, 5) is 76.6. The summed E-state index contributed by atoms with van der Waals surface area (Å²) < 4.78 is 42.4. The first kappa shape index (κ1) is 39.6. The minimum Gasteiger partial charge on any atom is -0.459 e. The largest absolute Gasteiger partial charge is 0.459 e. The molecule has 3 N–H and O–H groups in total. The molecule has 4 amide bonds. The highest BCUT2D eigenvalue weighted by Crippen LogP contribution is 2.46. The molecule has 1 aromatic heterocycles. The van der Waals surface area contributed by atoms with Crippen LogP contribution in [0.2, 0.25) is 0 Å². The van der Waals surface area contributed by atoms with Gasteiger partial charge in [-0.3, -0.25) is 28.5 Å². The SMILES string of the molecule is C=C[C@@H]1C[C@]1(NC(=O)[C@@H]1C[C@@H]2CN1C(=O)[C@H](C1CCCC1)NC(=O)O[C@@H]1CCC[C@H]1CC/C=C/Cn1c(nc3cc(Br)ccc3c1=O)O2)C(=O)NS(=O)(=O)C1CC1. The number of benzene rings is 1. The number of hydrogen-bond acceptors (Lipinski definition) is 10. The average Bonchev–Trinajstić information content (AvgIpc) is 3.96. The Morgan fingerprint density at radius 2 is 1.77 bits per heavy atom. The van der Waals surface area contributed by atoms with Crippen molar-refractivity contribution in [3.8, 4) is 6.01 Å². The lowest BCUT2D eigenvalue weighted by Gasteiger charge is -2.32. The van der Waals surface area contributed by atoms with Crippen LogP contribution in [0.25, 0.3) is 10.9 Å². The fourth-order valence-corrected chi connectivity index (χ4v) is 10.9. The van der Waals surface area contributed by atoms with Crippen molar-refractivity contribution in [1.29, 1.82) is 0 Å². The van der Waals surface area contributed by atoms with Gasteiger partial charge >= 0.3 is 6.09 Å². The summed E-state index contributed by atoms with van der Waals surface area (Å²) in [6.45, 7) is 3.86. The maximum atomic E-state index is 14.8. The Labute approximate surface area is 339 Å². The van der Waals surface area contributed by atoms with Crippen LogP contribution in [0.1, 0.15) is 83.5 Å². The first-order chi connectivity index (χ1) is 27.4. The molecule has 1 aromatic carbocycles. The molecule has 6 aliphatic rings. The summed E-state index contributed by atoms with van der Waals surface area (Å²) in [5, 5.41) is 5.47. The van der Waals surface area contributed by atoms with Gasteiger partial charge in [0.25, 0.3) is 17.5 Å². The van der Waals surface area contributed by atoms with Crippen LogP contribution in [0.5, 0.6) is 6.01 Å². The van der Waals surface area contributed by atoms with Gasteiger partial charge in [0.15, 0.2) is 0 Å². The van der Waals surface area contributed by atoms with Crippen LogP contribution in [0.3, 0.4) is 0 Å². The Bertz CT molecular complexity index is 2170. The number of hydrogen-bond donors (Lipinski definition) is 3. The average molecular weight is 870 g/mol. The number of sulfonamides is 1. The summed E-state index contributed by atoms with van der Waals surface area (Å²) in [5.74, 6) is -2.62. The Hall–Kier alpha value is -4.25. The zero-order chi connectivity index (χ0) is 40.1. The summed E-state index contributed by atoms with van der Waals surface area (Å²) in [7, 11) is -3.92. The van der Waals surface area contributed by atoms with Crippen molar-refractivity contribution in [2.24, 2.45) is 17.8 Å². The van der Waals surface area contributed by atoms with Crippen LogP contribution in [-0.2, 0) is 35.7 Å². The van der Waals surface area contributed by atoms with Crippen molar-refractivity contribution in [3.05, 3.63) is 57.8 Å². The van der Waals surface area contributed by atoms with Gasteiger partial charge in [-0.1, -0.05) is 47.0 Å². The molecule has 2 aliphatic heterocycles. The van der Waals surface area contributed by atoms with Crippen molar-refractivity contribution in [2.75, 3.05) is 6.54 Å². The van der Waals surface area contributed by atoms with E-state index in [4.69, 9.17) is 14.5 Å². The maximum Gasteiger partial charge on any atom is 0.408 e. The van der Waals surface area contributed by atoms with E-state index in [0.717, 1.165) is 43.0 Å². The molecule has 2 bridgehead atoms. The van der Waals surface area contributed by atoms with E-state index >= 15 is 0 Å². The number of halogens is 1. The maximum absolute atomic E-state index is 14.8. The molecule has 8 rings (SSSR count). The van der Waals surface area contributed by atoms with Crippen LogP contribution in [-0.4, -0.2) is 88.3 Å². The molecule has 0 unspecified atom stereocenters. The van der Waals surface area contributed by atoms with Gasteiger partial charge in [0.2, 0.25) is 21.8 Å². The van der Waals surface area contributed by atoms with E-state index in [1.807, 2.05) is 12.2 Å². The molecule has 306 valence electrons. The first-order valence-electron chi connectivity index (χ1n) is 20.2. The third kappa shape index (κ3) is 8.10. The summed E-state index contributed by atoms with van der Waals surface area (Å²) >= 11 is 3.46. The molecule has 2 aromatic rings. The topological polar surface area (TPSA) is 195 Å². The van der Waals surface area contributed by atoms with E-state index in [1.54, 1.807) is 18.2 Å². The molecule has 1 saturated heterocycles. The van der Waals surface area contributed by atoms with E-state index in [0.29, 0.717) is 43.0 Å². The third-order valence-electron chi connectivity index (χ3n) is 12.7. The van der Waals surface area contributed by atoms with Crippen molar-refractivity contribution in [3.63, 3.8) is 0 Å². The summed E-state index contributed by atoms with van der Waals surface area (Å²) in [6.07, 6.45) is 11.8. The minimum atomic E-state index is -3.92. The van der Waals surface area contributed by atoms with Gasteiger partial charge in [0.1, 0.15) is 29.8 Å². The predicted molar refractivity (Wildman–Crippen MR) is 212 cm³/mol. The molecule has 17 heteroatoms. The second kappa shape index (κ2) is 15.8. The van der Waals surface area contributed by atoms with E-state index in [-0.39, 0.29) is 55.4 Å². The number of ether oxygens (including phenoxy) is 2. The van der Waals surface area contributed by atoms with Crippen molar-refractivity contribution in [2.45, 2.75) is 125 Å². The van der Waals surface area contributed by atoms with Crippen LogP contribution in [0, 0.1) is 17.8 Å². The van der Waals surface area contributed by atoms with E-state index in [1.165, 1.54) is 15.5 Å². The van der Waals surface area contributed by atoms with Gasteiger partial charge < -0.3 is 25.0 Å². The van der Waals surface area contributed by atoms with Gasteiger partial charge in [0.05, 0.1) is 22.7 Å². The molecular weight excluding hydrogens is 820 g/mol. The second-order valence-electron chi connectivity index (χ2n) is 16.5. The fourth-order valence-electron chi connectivity index (χ4n) is 9.21. The minimum absolute atomic E-state index is 0.0229. The number of fused-ring (bicyclic) bond motifs is 5. The van der Waals surface area contributed by atoms with Crippen molar-refractivity contribution < 1.29 is 37.1 Å². The third-order valence-corrected chi connectivity index (χ3v) is 15.0. The first-order valence-corrected chi connectivity index (χ1v) is 22.5. The number of alkyl carbamates (subject to hydrolysis) is 1. The standard InChI is InChI=1S/C40H49BrN6O9S/c1-2-25-21-40(25,37(51)45-57(53,54)28-15-16-28)44-34(48)31-20-27-22-47(31)36(50)33(24-10-5-6-11-24)43-39(52)56-32-13-8-12-23(32)9-4-3-7-18-46-35(49)29-17-14-26(41)19-30(29)42-38(46)55-27/h2-3,7,14,17,19,23-25,27-28,31-33H,1,4-6,8-13,15-16,18,20-22H2,(H,43,52)(H,44,48)(H,45,51)/b7-3+/t23-,25-,27-,31+,32-,33+,40-/m1/s1. The highest BCUT2D eigenvalue weighted by molar-refractivity contribution is 9.10. The van der Waals surface area contributed by atoms with E-state index in [2.05, 4.69) is 37.9 Å². The van der Waals surface area contributed by atoms with E-state index in [9.17, 15) is 32.4 Å². The molecule has 4 saturated carbocycles. The van der Waals surface area contributed by atoms with Crippen molar-refractivity contribution in [1.82, 2.24) is 29.8 Å². The molecule has 3 heterocycles. The summed E-state index contributed by atoms with van der Waals surface area (Å²) in [6, 6.07) is 3.03. The zero-order valence-electron chi connectivity index (χ0n) is 31.7. The molecule has 15 nitrogen and oxygen atoms in total. The molecule has 4 aliphatic carbocycles. The zero-order valence-corrected chi connectivity index (χ0v) is 34.1. The number of nitrogens with zero attached hydrogens (tertiary/aromatic N) is 3. The molecule has 57 heavy (non-hydrogen) atoms. The van der Waals surface area contributed by atoms with Gasteiger partial charge in [-0.25, -0.2) is 13.2 Å². The Morgan fingerprint density at radius 1 is 1.00 bits per heavy atom. The smallest absolute Gasteiger partial charge is 0.408 e. The van der Waals surface area contributed by atoms with Crippen LogP contribution < -0.4 is 25.7 Å². The second-order valence-corrected chi connectivity index (χ2v) is 19.4. The molecule has 5 fully saturated rings. The molecule has 0 spiro atoms. The van der Waals surface area contributed by atoms with Crippen LogP contribution in [0.4, 0.5) is 4.79 Å². The highest BCUT2D eigenvalue weighted by atomic mass is 79.9. The number of carbonyl (C=O) groups excluding carboxylic acids is 4. The Morgan fingerprint density at radius 3 is 2.51 bits per heavy atom. The van der Waals surface area contributed by atoms with Gasteiger partial charge in [-0.05, 0) is 94.2 Å². The number of carbonyl (C=O) groups is 4. The Balaban J connectivity index is 1.15. The lowest BCUT2D eigenvalue weighted by atomic mass is 9.96. The van der Waals surface area contributed by atoms with Crippen molar-refractivity contribution >= 4 is 60.7 Å². The molecule has 0 radical (unpaired) electrons. The van der Waals surface area contributed by atoms with Crippen LogP contribution >= 0.6 is 15.9 Å². The molecule has 7 atom stereocenters. The number of allylic oxidation sites excluding steroid dienone is 2.